The van der Waals surface area contributed by atoms with Crippen molar-refractivity contribution in [3.8, 4) is 22.5 Å². The van der Waals surface area contributed by atoms with Gasteiger partial charge < -0.3 is 23.8 Å². The zero-order valence-electron chi connectivity index (χ0n) is 29.4. The minimum absolute atomic E-state index is 0.00951. The first-order valence-electron chi connectivity index (χ1n) is 17.3. The summed E-state index contributed by atoms with van der Waals surface area (Å²) >= 11 is 3.42. The number of benzene rings is 5. The quantitative estimate of drug-likeness (QED) is 0.0238. The molecule has 1 aliphatic heterocycles. The first-order chi connectivity index (χ1) is 25.5. The topological polar surface area (TPSA) is 98.5 Å². The van der Waals surface area contributed by atoms with E-state index in [1.807, 2.05) is 62.4 Å². The van der Waals surface area contributed by atoms with Gasteiger partial charge >= 0.3 is 0 Å². The van der Waals surface area contributed by atoms with Crippen molar-refractivity contribution in [3.63, 3.8) is 0 Å². The summed E-state index contributed by atoms with van der Waals surface area (Å²) in [6.07, 6.45) is 0. The van der Waals surface area contributed by atoms with Gasteiger partial charge in [-0.2, -0.15) is 0 Å². The molecule has 0 unspecified atom stereocenters. The van der Waals surface area contributed by atoms with Gasteiger partial charge in [-0.3, -0.25) is 0 Å². The zero-order valence-corrected chi connectivity index (χ0v) is 31.8. The fourth-order valence-corrected chi connectivity index (χ4v) is 10.6. The van der Waals surface area contributed by atoms with Gasteiger partial charge in [0.05, 0.1) is 18.6 Å². The third-order valence-corrected chi connectivity index (χ3v) is 14.5. The summed E-state index contributed by atoms with van der Waals surface area (Å²) in [6.45, 7) is 5.03. The largest absolute Gasteiger partial charge is 0.456 e. The second-order valence-corrected chi connectivity index (χ2v) is 17.4. The molecule has 0 saturated heterocycles. The van der Waals surface area contributed by atoms with Crippen LogP contribution >= 0.6 is 33.8 Å². The first kappa shape index (κ1) is 37.5. The molecule has 4 aromatic rings. The Labute approximate surface area is 315 Å². The molecule has 1 heterocycles. The second-order valence-electron chi connectivity index (χ2n) is 12.0. The summed E-state index contributed by atoms with van der Waals surface area (Å²) in [5, 5.41) is 24.9. The third-order valence-electron chi connectivity index (χ3n) is 9.08. The lowest BCUT2D eigenvalue weighted by Crippen LogP contribution is -2.32. The number of thioether (sulfide) groups is 2. The number of hydrogen-bond donors (Lipinski definition) is 2. The van der Waals surface area contributed by atoms with Crippen LogP contribution in [0.4, 0.5) is 5.69 Å². The van der Waals surface area contributed by atoms with Gasteiger partial charge in [-0.05, 0) is 64.4 Å². The van der Waals surface area contributed by atoms with E-state index >= 15 is 0 Å². The summed E-state index contributed by atoms with van der Waals surface area (Å²) in [7, 11) is -2.03. The molecule has 1 aliphatic carbocycles. The summed E-state index contributed by atoms with van der Waals surface area (Å²) in [5.41, 5.74) is 4.49. The van der Waals surface area contributed by atoms with Crippen LogP contribution in [0.15, 0.2) is 146 Å². The van der Waals surface area contributed by atoms with Crippen molar-refractivity contribution in [1.82, 2.24) is 4.58 Å². The smallest absolute Gasteiger partial charge is 0.204 e. The van der Waals surface area contributed by atoms with Crippen LogP contribution in [0.25, 0.3) is 33.4 Å². The number of aliphatic hydroxyl groups excluding tert-OH is 2. The Morgan fingerprint density at radius 3 is 2.15 bits per heavy atom. The number of aliphatic hydroxyl groups is 2. The van der Waals surface area contributed by atoms with E-state index in [0.717, 1.165) is 47.8 Å². The second kappa shape index (κ2) is 18.0. The van der Waals surface area contributed by atoms with Crippen molar-refractivity contribution in [1.29, 1.82) is 0 Å². The zero-order chi connectivity index (χ0) is 36.3. The molecule has 52 heavy (non-hydrogen) atoms. The molecule has 0 bridgehead atoms. The molecule has 0 radical (unpaired) electrons. The van der Waals surface area contributed by atoms with Crippen molar-refractivity contribution in [2.45, 2.75) is 28.5 Å². The van der Waals surface area contributed by atoms with Gasteiger partial charge in [-0.15, -0.1) is 16.7 Å². The minimum atomic E-state index is -2.03. The molecule has 0 spiro atoms. The number of hydrogen-bond acceptors (Lipinski definition) is 9. The van der Waals surface area contributed by atoms with Crippen molar-refractivity contribution in [3.05, 3.63) is 132 Å². The summed E-state index contributed by atoms with van der Waals surface area (Å²) in [4.78, 5) is 17.1. The fourth-order valence-electron chi connectivity index (χ4n) is 6.38. The highest BCUT2D eigenvalue weighted by Gasteiger charge is 2.31. The van der Waals surface area contributed by atoms with Crippen molar-refractivity contribution < 1.29 is 18.9 Å². The van der Waals surface area contributed by atoms with E-state index < -0.39 is 10.3 Å². The highest BCUT2D eigenvalue weighted by molar-refractivity contribution is 8.29. The summed E-state index contributed by atoms with van der Waals surface area (Å²) in [5.74, 6) is 3.26. The van der Waals surface area contributed by atoms with Gasteiger partial charge in [0, 0.05) is 67.1 Å². The molecule has 0 atom stereocenters. The van der Waals surface area contributed by atoms with Gasteiger partial charge in [0.25, 0.3) is 0 Å². The van der Waals surface area contributed by atoms with Crippen molar-refractivity contribution >= 4 is 50.5 Å². The van der Waals surface area contributed by atoms with Gasteiger partial charge in [0.15, 0.2) is 17.8 Å². The molecular weight excluding hydrogens is 711 g/mol. The van der Waals surface area contributed by atoms with E-state index in [4.69, 9.17) is 8.70 Å². The highest BCUT2D eigenvalue weighted by Crippen LogP contribution is 2.60. The monoisotopic (exact) mass is 754 g/mol. The SMILES string of the molecule is CCS(CC)(ON=O)c1ccccc1-c1c2cc/c(=[N+](\CCO)CSc3ccccc3)cc-2oc2cc(N(CCO)CSc3ccccc3)ccc12. The molecule has 270 valence electrons. The Morgan fingerprint density at radius 2 is 1.48 bits per heavy atom. The average molecular weight is 755 g/mol. The van der Waals surface area contributed by atoms with Crippen LogP contribution in [0.2, 0.25) is 0 Å². The maximum Gasteiger partial charge on any atom is 0.204 e. The Morgan fingerprint density at radius 1 is 0.788 bits per heavy atom. The molecule has 0 amide bonds. The van der Waals surface area contributed by atoms with Gasteiger partial charge in [0.2, 0.25) is 5.36 Å². The number of rotatable bonds is 17. The molecule has 6 rings (SSSR count). The van der Waals surface area contributed by atoms with E-state index in [2.05, 4.69) is 87.6 Å². The number of nitrogens with zero attached hydrogens (tertiary/aromatic N) is 3. The molecule has 2 N–H and O–H groups in total. The number of fused-ring (bicyclic) bond motifs is 2. The Balaban J connectivity index is 1.56. The van der Waals surface area contributed by atoms with Crippen LogP contribution in [0.1, 0.15) is 13.8 Å². The van der Waals surface area contributed by atoms with E-state index in [1.54, 1.807) is 23.5 Å². The van der Waals surface area contributed by atoms with Crippen LogP contribution in [-0.4, -0.2) is 59.8 Å². The van der Waals surface area contributed by atoms with E-state index in [1.165, 1.54) is 0 Å². The van der Waals surface area contributed by atoms with Crippen LogP contribution < -0.4 is 14.8 Å². The Kier molecular flexibility index (Phi) is 13.0. The predicted molar refractivity (Wildman–Crippen MR) is 218 cm³/mol. The van der Waals surface area contributed by atoms with Gasteiger partial charge in [-0.25, -0.2) is 4.58 Å². The summed E-state index contributed by atoms with van der Waals surface area (Å²) in [6, 6.07) is 41.1. The lowest BCUT2D eigenvalue weighted by atomic mass is 9.93. The molecule has 8 nitrogen and oxygen atoms in total. The van der Waals surface area contributed by atoms with Crippen LogP contribution in [0.5, 0.6) is 0 Å². The van der Waals surface area contributed by atoms with E-state index in [0.29, 0.717) is 47.7 Å². The maximum atomic E-state index is 11.7. The Hall–Kier alpha value is -4.26. The normalized spacial score (nSPS) is 12.5. The minimum Gasteiger partial charge on any atom is -0.456 e. The lowest BCUT2D eigenvalue weighted by Gasteiger charge is -2.35. The molecular formula is C41H44N3O5S3+. The fraction of sp³-hybridized carbons (Fsp3) is 0.244. The molecule has 0 fully saturated rings. The standard InChI is InChI=1S/C41H44N3O5S3/c1-3-52(4-2,49-42-47)40-18-12-11-17-37(40)41-35-21-19-31(43(23-25-45)29-50-33-13-7-5-8-14-33)27-38(35)48-39-28-32(20-22-36(39)41)44(24-26-46)30-51-34-15-9-6-10-16-34/h5-22,27-28,45-46H,3-4,23-26,29-30H2,1-2H3/q+1. The van der Waals surface area contributed by atoms with Gasteiger partial charge in [0.1, 0.15) is 18.0 Å². The van der Waals surface area contributed by atoms with Crippen LogP contribution in [-0.2, 0) is 4.28 Å². The van der Waals surface area contributed by atoms with Crippen molar-refractivity contribution in [2.24, 2.45) is 5.34 Å². The molecule has 0 aromatic heterocycles. The van der Waals surface area contributed by atoms with Crippen LogP contribution in [0, 0.1) is 4.91 Å². The Bertz CT molecular complexity index is 2120. The maximum absolute atomic E-state index is 11.7. The molecule has 11 heteroatoms. The first-order valence-corrected chi connectivity index (χ1v) is 21.2. The molecule has 4 aromatic carbocycles. The third kappa shape index (κ3) is 8.35. The lowest BCUT2D eigenvalue weighted by molar-refractivity contribution is 0.286. The van der Waals surface area contributed by atoms with Gasteiger partial charge in [-0.1, -0.05) is 80.2 Å². The molecule has 0 saturated carbocycles. The summed E-state index contributed by atoms with van der Waals surface area (Å²) < 4.78 is 14.7. The van der Waals surface area contributed by atoms with E-state index in [-0.39, 0.29) is 13.2 Å². The van der Waals surface area contributed by atoms with Crippen LogP contribution in [0.3, 0.4) is 0 Å². The predicted octanol–water partition coefficient (Wildman–Crippen LogP) is 9.08. The molecule has 2 aliphatic rings. The highest BCUT2D eigenvalue weighted by atomic mass is 32.3. The van der Waals surface area contributed by atoms with Crippen molar-refractivity contribution in [2.75, 3.05) is 54.5 Å². The van der Waals surface area contributed by atoms with E-state index in [9.17, 15) is 15.1 Å². The average Bonchev–Trinajstić information content (AvgIpc) is 3.19. The number of anilines is 1.